The van der Waals surface area contributed by atoms with Gasteiger partial charge in [-0.1, -0.05) is 13.0 Å². The maximum absolute atomic E-state index is 12.3. The van der Waals surface area contributed by atoms with Crippen LogP contribution in [-0.2, 0) is 4.79 Å². The molecule has 1 fully saturated rings. The summed E-state index contributed by atoms with van der Waals surface area (Å²) in [6.45, 7) is 3.82. The molecule has 0 aliphatic heterocycles. The number of hydrogen-bond acceptors (Lipinski definition) is 3. The molecule has 2 rings (SSSR count). The highest BCUT2D eigenvalue weighted by molar-refractivity contribution is 5.91. The van der Waals surface area contributed by atoms with Crippen molar-refractivity contribution < 1.29 is 14.3 Å². The van der Waals surface area contributed by atoms with Gasteiger partial charge in [0.25, 0.3) is 0 Å². The van der Waals surface area contributed by atoms with Crippen molar-refractivity contribution in [1.29, 1.82) is 0 Å². The van der Waals surface area contributed by atoms with E-state index in [2.05, 4.69) is 6.92 Å². The number of methoxy groups -OCH3 is 2. The SMILES string of the molecule is CCCN(CC1CC1)C(=O)/C=C/c1ccc(OC)c(OC)c1. The molecule has 0 N–H and O–H groups in total. The molecule has 0 bridgehead atoms. The number of amides is 1. The van der Waals surface area contributed by atoms with Gasteiger partial charge in [-0.05, 0) is 49.0 Å². The third kappa shape index (κ3) is 4.52. The zero-order valence-corrected chi connectivity index (χ0v) is 13.7. The second kappa shape index (κ2) is 7.87. The van der Waals surface area contributed by atoms with Crippen molar-refractivity contribution >= 4 is 12.0 Å². The number of carbonyl (C=O) groups is 1. The first-order valence-corrected chi connectivity index (χ1v) is 7.87. The van der Waals surface area contributed by atoms with Gasteiger partial charge in [0.2, 0.25) is 5.91 Å². The summed E-state index contributed by atoms with van der Waals surface area (Å²) in [4.78, 5) is 14.3. The van der Waals surface area contributed by atoms with Gasteiger partial charge in [-0.3, -0.25) is 4.79 Å². The van der Waals surface area contributed by atoms with Crippen molar-refractivity contribution in [2.45, 2.75) is 26.2 Å². The van der Waals surface area contributed by atoms with Crippen LogP contribution in [0, 0.1) is 5.92 Å². The zero-order chi connectivity index (χ0) is 15.9. The fourth-order valence-electron chi connectivity index (χ4n) is 2.40. The minimum absolute atomic E-state index is 0.0866. The van der Waals surface area contributed by atoms with Gasteiger partial charge < -0.3 is 14.4 Å². The van der Waals surface area contributed by atoms with Gasteiger partial charge in [-0.2, -0.15) is 0 Å². The molecule has 1 aliphatic carbocycles. The van der Waals surface area contributed by atoms with E-state index in [1.807, 2.05) is 29.2 Å². The van der Waals surface area contributed by atoms with Crippen LogP contribution in [0.3, 0.4) is 0 Å². The molecular weight excluding hydrogens is 278 g/mol. The topological polar surface area (TPSA) is 38.8 Å². The number of hydrogen-bond donors (Lipinski definition) is 0. The van der Waals surface area contributed by atoms with Crippen molar-refractivity contribution in [2.24, 2.45) is 5.92 Å². The second-order valence-electron chi connectivity index (χ2n) is 5.68. The Kier molecular flexibility index (Phi) is 5.87. The Hall–Kier alpha value is -1.97. The van der Waals surface area contributed by atoms with Crippen LogP contribution in [0.4, 0.5) is 0 Å². The molecule has 1 aromatic rings. The van der Waals surface area contributed by atoms with Crippen LogP contribution in [0.1, 0.15) is 31.7 Å². The minimum Gasteiger partial charge on any atom is -0.493 e. The molecule has 0 radical (unpaired) electrons. The fourth-order valence-corrected chi connectivity index (χ4v) is 2.40. The summed E-state index contributed by atoms with van der Waals surface area (Å²) in [6, 6.07) is 5.63. The Labute approximate surface area is 132 Å². The van der Waals surface area contributed by atoms with Gasteiger partial charge in [0, 0.05) is 19.2 Å². The molecule has 1 aliphatic rings. The standard InChI is InChI=1S/C18H25NO3/c1-4-11-19(13-15-5-6-15)18(20)10-8-14-7-9-16(21-2)17(12-14)22-3/h7-10,12,15H,4-6,11,13H2,1-3H3/b10-8+. The van der Waals surface area contributed by atoms with Crippen LogP contribution in [0.2, 0.25) is 0 Å². The summed E-state index contributed by atoms with van der Waals surface area (Å²) in [5, 5.41) is 0. The van der Waals surface area contributed by atoms with Crippen LogP contribution in [0.5, 0.6) is 11.5 Å². The van der Waals surface area contributed by atoms with Crippen molar-refractivity contribution in [3.05, 3.63) is 29.8 Å². The molecule has 1 amide bonds. The Morgan fingerprint density at radius 1 is 1.27 bits per heavy atom. The highest BCUT2D eigenvalue weighted by atomic mass is 16.5. The van der Waals surface area contributed by atoms with Crippen molar-refractivity contribution in [1.82, 2.24) is 4.90 Å². The first-order chi connectivity index (χ1) is 10.7. The third-order valence-electron chi connectivity index (χ3n) is 3.81. The average molecular weight is 303 g/mol. The Balaban J connectivity index is 2.03. The van der Waals surface area contributed by atoms with Crippen LogP contribution >= 0.6 is 0 Å². The van der Waals surface area contributed by atoms with E-state index in [-0.39, 0.29) is 5.91 Å². The lowest BCUT2D eigenvalue weighted by molar-refractivity contribution is -0.126. The summed E-state index contributed by atoms with van der Waals surface area (Å²) < 4.78 is 10.5. The maximum atomic E-state index is 12.3. The van der Waals surface area contributed by atoms with E-state index >= 15 is 0 Å². The van der Waals surface area contributed by atoms with Gasteiger partial charge >= 0.3 is 0 Å². The van der Waals surface area contributed by atoms with Crippen LogP contribution in [0.15, 0.2) is 24.3 Å². The van der Waals surface area contributed by atoms with Gasteiger partial charge in [0.05, 0.1) is 14.2 Å². The lowest BCUT2D eigenvalue weighted by Gasteiger charge is -2.20. The Morgan fingerprint density at radius 2 is 2.00 bits per heavy atom. The van der Waals surface area contributed by atoms with Crippen molar-refractivity contribution in [3.63, 3.8) is 0 Å². The molecule has 22 heavy (non-hydrogen) atoms. The normalized spacial score (nSPS) is 14.1. The molecule has 0 spiro atoms. The quantitative estimate of drug-likeness (QED) is 0.691. The number of benzene rings is 1. The molecule has 0 aromatic heterocycles. The third-order valence-corrected chi connectivity index (χ3v) is 3.81. The lowest BCUT2D eigenvalue weighted by Crippen LogP contribution is -2.32. The van der Waals surface area contributed by atoms with Crippen LogP contribution < -0.4 is 9.47 Å². The fraction of sp³-hybridized carbons (Fsp3) is 0.500. The number of rotatable bonds is 8. The monoisotopic (exact) mass is 303 g/mol. The largest absolute Gasteiger partial charge is 0.493 e. The smallest absolute Gasteiger partial charge is 0.246 e. The number of carbonyl (C=O) groups excluding carboxylic acids is 1. The predicted octanol–water partition coefficient (Wildman–Crippen LogP) is 3.37. The molecule has 1 saturated carbocycles. The Morgan fingerprint density at radius 3 is 2.59 bits per heavy atom. The average Bonchev–Trinajstić information content (AvgIpc) is 3.35. The molecule has 0 saturated heterocycles. The van der Waals surface area contributed by atoms with E-state index in [0.29, 0.717) is 17.4 Å². The lowest BCUT2D eigenvalue weighted by atomic mass is 10.2. The van der Waals surface area contributed by atoms with E-state index < -0.39 is 0 Å². The summed E-state index contributed by atoms with van der Waals surface area (Å²) in [5.74, 6) is 2.15. The molecule has 1 aromatic carbocycles. The van der Waals surface area contributed by atoms with Crippen LogP contribution in [0.25, 0.3) is 6.08 Å². The molecule has 120 valence electrons. The minimum atomic E-state index is 0.0866. The zero-order valence-electron chi connectivity index (χ0n) is 13.7. The van der Waals surface area contributed by atoms with Crippen LogP contribution in [-0.4, -0.2) is 38.1 Å². The summed E-state index contributed by atoms with van der Waals surface area (Å²) in [5.41, 5.74) is 0.925. The molecule has 4 heteroatoms. The molecule has 0 atom stereocenters. The first-order valence-electron chi connectivity index (χ1n) is 7.87. The molecule has 0 heterocycles. The second-order valence-corrected chi connectivity index (χ2v) is 5.68. The van der Waals surface area contributed by atoms with E-state index in [4.69, 9.17) is 9.47 Å². The number of ether oxygens (including phenoxy) is 2. The maximum Gasteiger partial charge on any atom is 0.246 e. The molecule has 0 unspecified atom stereocenters. The first kappa shape index (κ1) is 16.4. The van der Waals surface area contributed by atoms with E-state index in [0.717, 1.165) is 25.1 Å². The van der Waals surface area contributed by atoms with Gasteiger partial charge in [0.15, 0.2) is 11.5 Å². The van der Waals surface area contributed by atoms with E-state index in [9.17, 15) is 4.79 Å². The van der Waals surface area contributed by atoms with Gasteiger partial charge in [-0.15, -0.1) is 0 Å². The predicted molar refractivity (Wildman–Crippen MR) is 88.2 cm³/mol. The van der Waals surface area contributed by atoms with Gasteiger partial charge in [-0.25, -0.2) is 0 Å². The molecular formula is C18H25NO3. The summed E-state index contributed by atoms with van der Waals surface area (Å²) >= 11 is 0. The highest BCUT2D eigenvalue weighted by Crippen LogP contribution is 2.30. The number of nitrogens with zero attached hydrogens (tertiary/aromatic N) is 1. The van der Waals surface area contributed by atoms with Crippen molar-refractivity contribution in [2.75, 3.05) is 27.3 Å². The molecule has 4 nitrogen and oxygen atoms in total. The highest BCUT2D eigenvalue weighted by Gasteiger charge is 2.25. The Bertz CT molecular complexity index is 535. The van der Waals surface area contributed by atoms with E-state index in [1.165, 1.54) is 12.8 Å². The van der Waals surface area contributed by atoms with Gasteiger partial charge in [0.1, 0.15) is 0 Å². The van der Waals surface area contributed by atoms with E-state index in [1.54, 1.807) is 20.3 Å². The summed E-state index contributed by atoms with van der Waals surface area (Å²) in [7, 11) is 3.21. The van der Waals surface area contributed by atoms with Crippen molar-refractivity contribution in [3.8, 4) is 11.5 Å². The summed E-state index contributed by atoms with van der Waals surface area (Å²) in [6.07, 6.45) is 6.99.